The van der Waals surface area contributed by atoms with Crippen molar-refractivity contribution >= 4 is 11.8 Å². The molecule has 11 heavy (non-hydrogen) atoms. The molecule has 0 aliphatic heterocycles. The third-order valence-electron chi connectivity index (χ3n) is 2.08. The van der Waals surface area contributed by atoms with Gasteiger partial charge in [0.05, 0.1) is 17.5 Å². The van der Waals surface area contributed by atoms with E-state index in [4.69, 9.17) is 10.8 Å². The van der Waals surface area contributed by atoms with Gasteiger partial charge in [0.25, 0.3) is 0 Å². The van der Waals surface area contributed by atoms with Gasteiger partial charge in [0, 0.05) is 6.04 Å². The van der Waals surface area contributed by atoms with Crippen molar-refractivity contribution in [3.8, 4) is 0 Å². The first-order valence-electron chi connectivity index (χ1n) is 3.42. The SMILES string of the molecule is CS[C@H]1[C@H](N)[C@H](O)[C@H](O)[C@@H]1O. The smallest absolute Gasteiger partial charge is 0.108 e. The number of hydrogen-bond acceptors (Lipinski definition) is 5. The van der Waals surface area contributed by atoms with Crippen LogP contribution < -0.4 is 5.73 Å². The van der Waals surface area contributed by atoms with Gasteiger partial charge in [-0.25, -0.2) is 0 Å². The van der Waals surface area contributed by atoms with Gasteiger partial charge in [-0.1, -0.05) is 0 Å². The van der Waals surface area contributed by atoms with Gasteiger partial charge in [0.2, 0.25) is 0 Å². The van der Waals surface area contributed by atoms with Gasteiger partial charge in [-0.2, -0.15) is 11.8 Å². The van der Waals surface area contributed by atoms with Crippen LogP contribution in [-0.4, -0.2) is 51.2 Å². The Labute approximate surface area is 69.4 Å². The molecule has 1 aliphatic carbocycles. The van der Waals surface area contributed by atoms with Crippen molar-refractivity contribution in [2.75, 3.05) is 6.26 Å². The van der Waals surface area contributed by atoms with Crippen molar-refractivity contribution in [1.29, 1.82) is 0 Å². The highest BCUT2D eigenvalue weighted by Gasteiger charge is 2.46. The first-order chi connectivity index (χ1) is 5.09. The number of hydrogen-bond donors (Lipinski definition) is 4. The maximum atomic E-state index is 9.29. The van der Waals surface area contributed by atoms with E-state index < -0.39 is 24.4 Å². The van der Waals surface area contributed by atoms with Crippen LogP contribution in [0.4, 0.5) is 0 Å². The molecule has 4 nitrogen and oxygen atoms in total. The summed E-state index contributed by atoms with van der Waals surface area (Å²) in [7, 11) is 0. The molecular weight excluding hydrogens is 166 g/mol. The fourth-order valence-electron chi connectivity index (χ4n) is 1.34. The number of aliphatic hydroxyl groups is 3. The molecule has 5 N–H and O–H groups in total. The molecule has 0 radical (unpaired) electrons. The first-order valence-corrected chi connectivity index (χ1v) is 4.71. The minimum Gasteiger partial charge on any atom is -0.389 e. The van der Waals surface area contributed by atoms with Gasteiger partial charge in [-0.3, -0.25) is 0 Å². The molecule has 0 unspecified atom stereocenters. The molecule has 0 aromatic rings. The lowest BCUT2D eigenvalue weighted by atomic mass is 10.2. The van der Waals surface area contributed by atoms with Gasteiger partial charge in [0.15, 0.2) is 0 Å². The minimum atomic E-state index is -1.09. The van der Waals surface area contributed by atoms with Gasteiger partial charge >= 0.3 is 0 Å². The average molecular weight is 179 g/mol. The average Bonchev–Trinajstić information content (AvgIpc) is 2.17. The van der Waals surface area contributed by atoms with Crippen molar-refractivity contribution in [1.82, 2.24) is 0 Å². The molecule has 5 heteroatoms. The molecule has 0 aromatic carbocycles. The van der Waals surface area contributed by atoms with E-state index in [1.807, 2.05) is 0 Å². The van der Waals surface area contributed by atoms with E-state index in [9.17, 15) is 10.2 Å². The molecular formula is C6H13NO3S. The summed E-state index contributed by atoms with van der Waals surface area (Å²) in [5.74, 6) is 0. The molecule has 0 heterocycles. The fraction of sp³-hybridized carbons (Fsp3) is 1.00. The molecule has 1 aliphatic rings. The zero-order valence-corrected chi connectivity index (χ0v) is 7.03. The van der Waals surface area contributed by atoms with E-state index in [1.165, 1.54) is 11.8 Å². The van der Waals surface area contributed by atoms with Crippen molar-refractivity contribution in [2.24, 2.45) is 5.73 Å². The Morgan fingerprint density at radius 2 is 1.64 bits per heavy atom. The van der Waals surface area contributed by atoms with Crippen LogP contribution in [0.25, 0.3) is 0 Å². The summed E-state index contributed by atoms with van der Waals surface area (Å²) >= 11 is 1.36. The van der Waals surface area contributed by atoms with Gasteiger partial charge in [-0.05, 0) is 6.26 Å². The Balaban J connectivity index is 2.69. The lowest BCUT2D eigenvalue weighted by Gasteiger charge is -2.15. The Morgan fingerprint density at radius 1 is 1.09 bits per heavy atom. The van der Waals surface area contributed by atoms with Crippen LogP contribution in [0.2, 0.25) is 0 Å². The number of nitrogens with two attached hydrogens (primary N) is 1. The highest BCUT2D eigenvalue weighted by Crippen LogP contribution is 2.28. The van der Waals surface area contributed by atoms with Crippen molar-refractivity contribution in [2.45, 2.75) is 29.6 Å². The second-order valence-electron chi connectivity index (χ2n) is 2.75. The molecule has 0 spiro atoms. The third-order valence-corrected chi connectivity index (χ3v) is 3.22. The standard InChI is InChI=1S/C6H13NO3S/c1-11-6-2(7)3(8)4(9)5(6)10/h2-6,8-10H,7H2,1H3/t2-,3+,4+,5+,6+/m1/s1. The monoisotopic (exact) mass is 179 g/mol. The molecule has 66 valence electrons. The molecule has 0 saturated heterocycles. The topological polar surface area (TPSA) is 86.7 Å². The van der Waals surface area contributed by atoms with Crippen molar-refractivity contribution in [3.63, 3.8) is 0 Å². The van der Waals surface area contributed by atoms with Gasteiger partial charge in [-0.15, -0.1) is 0 Å². The normalized spacial score (nSPS) is 51.5. The summed E-state index contributed by atoms with van der Waals surface area (Å²) in [4.78, 5) is 0. The third kappa shape index (κ3) is 1.39. The molecule has 1 rings (SSSR count). The molecule has 0 bridgehead atoms. The predicted octanol–water partition coefficient (Wildman–Crippen LogP) is -1.86. The quantitative estimate of drug-likeness (QED) is 0.379. The highest BCUT2D eigenvalue weighted by atomic mass is 32.2. The Morgan fingerprint density at radius 3 is 1.82 bits per heavy atom. The lowest BCUT2D eigenvalue weighted by molar-refractivity contribution is -0.0198. The zero-order chi connectivity index (χ0) is 8.59. The number of aliphatic hydroxyl groups excluding tert-OH is 3. The summed E-state index contributed by atoms with van der Waals surface area (Å²) in [5, 5.41) is 27.4. The second kappa shape index (κ2) is 3.28. The fourth-order valence-corrected chi connectivity index (χ4v) is 2.26. The maximum Gasteiger partial charge on any atom is 0.108 e. The van der Waals surface area contributed by atoms with E-state index in [0.717, 1.165) is 0 Å². The van der Waals surface area contributed by atoms with E-state index >= 15 is 0 Å². The van der Waals surface area contributed by atoms with Gasteiger partial charge in [0.1, 0.15) is 6.10 Å². The number of rotatable bonds is 1. The summed E-state index contributed by atoms with van der Waals surface area (Å²) in [6, 6.07) is -0.532. The summed E-state index contributed by atoms with van der Waals surface area (Å²) in [5.41, 5.74) is 5.52. The van der Waals surface area contributed by atoms with Crippen molar-refractivity contribution in [3.05, 3.63) is 0 Å². The van der Waals surface area contributed by atoms with Crippen LogP contribution in [0.5, 0.6) is 0 Å². The predicted molar refractivity (Wildman–Crippen MR) is 43.3 cm³/mol. The molecule has 5 atom stereocenters. The van der Waals surface area contributed by atoms with Crippen LogP contribution in [-0.2, 0) is 0 Å². The molecule has 1 fully saturated rings. The summed E-state index contributed by atoms with van der Waals surface area (Å²) < 4.78 is 0. The number of thioether (sulfide) groups is 1. The van der Waals surface area contributed by atoms with Crippen LogP contribution in [0.3, 0.4) is 0 Å². The Kier molecular flexibility index (Phi) is 2.77. The molecule has 0 amide bonds. The minimum absolute atomic E-state index is 0.264. The maximum absolute atomic E-state index is 9.29. The second-order valence-corrected chi connectivity index (χ2v) is 3.77. The Bertz CT molecular complexity index is 132. The van der Waals surface area contributed by atoms with Crippen LogP contribution >= 0.6 is 11.8 Å². The van der Waals surface area contributed by atoms with Crippen LogP contribution in [0.15, 0.2) is 0 Å². The zero-order valence-electron chi connectivity index (χ0n) is 6.21. The van der Waals surface area contributed by atoms with Crippen molar-refractivity contribution < 1.29 is 15.3 Å². The van der Waals surface area contributed by atoms with E-state index in [0.29, 0.717) is 0 Å². The lowest BCUT2D eigenvalue weighted by Crippen LogP contribution is -2.39. The van der Waals surface area contributed by atoms with E-state index in [1.54, 1.807) is 6.26 Å². The molecule has 1 saturated carbocycles. The summed E-state index contributed by atoms with van der Waals surface area (Å²) in [6.45, 7) is 0. The van der Waals surface area contributed by atoms with E-state index in [2.05, 4.69) is 0 Å². The van der Waals surface area contributed by atoms with Crippen LogP contribution in [0.1, 0.15) is 0 Å². The first kappa shape index (κ1) is 9.28. The highest BCUT2D eigenvalue weighted by molar-refractivity contribution is 7.99. The molecule has 0 aromatic heterocycles. The van der Waals surface area contributed by atoms with E-state index in [-0.39, 0.29) is 5.25 Å². The van der Waals surface area contributed by atoms with Crippen LogP contribution in [0, 0.1) is 0 Å². The summed E-state index contributed by atoms with van der Waals surface area (Å²) in [6.07, 6.45) is -1.21. The Hall–Kier alpha value is 0.190. The largest absolute Gasteiger partial charge is 0.389 e. The van der Waals surface area contributed by atoms with Gasteiger partial charge < -0.3 is 21.1 Å².